The Morgan fingerprint density at radius 1 is 1.39 bits per heavy atom. The summed E-state index contributed by atoms with van der Waals surface area (Å²) >= 11 is 6.10. The molecule has 2 heterocycles. The highest BCUT2D eigenvalue weighted by atomic mass is 35.5. The van der Waals surface area contributed by atoms with Crippen LogP contribution < -0.4 is 0 Å². The zero-order chi connectivity index (χ0) is 13.5. The monoisotopic (exact) mass is 268 g/mol. The third-order valence-corrected chi connectivity index (χ3v) is 2.67. The molecule has 0 unspecified atom stereocenters. The first-order valence-electron chi connectivity index (χ1n) is 5.35. The van der Waals surface area contributed by atoms with Gasteiger partial charge in [0, 0.05) is 5.41 Å². The summed E-state index contributed by atoms with van der Waals surface area (Å²) in [7, 11) is 1.27. The Balaban J connectivity index is 2.63. The van der Waals surface area contributed by atoms with Crippen molar-refractivity contribution in [1.82, 2.24) is 19.6 Å². The second-order valence-corrected chi connectivity index (χ2v) is 5.24. The summed E-state index contributed by atoms with van der Waals surface area (Å²) in [4.78, 5) is 19.7. The zero-order valence-corrected chi connectivity index (χ0v) is 11.3. The molecular formula is C11H13ClN4O2. The van der Waals surface area contributed by atoms with Crippen LogP contribution in [0.5, 0.6) is 0 Å². The first-order valence-corrected chi connectivity index (χ1v) is 5.73. The lowest BCUT2D eigenvalue weighted by Crippen LogP contribution is -2.14. The number of methoxy groups -OCH3 is 1. The topological polar surface area (TPSA) is 69.4 Å². The van der Waals surface area contributed by atoms with E-state index in [1.54, 1.807) is 6.07 Å². The molecule has 0 fully saturated rings. The van der Waals surface area contributed by atoms with Gasteiger partial charge in [0.05, 0.1) is 12.8 Å². The summed E-state index contributed by atoms with van der Waals surface area (Å²) in [6.45, 7) is 6.04. The minimum Gasteiger partial charge on any atom is -0.463 e. The number of carbonyl (C=O) groups excluding carboxylic acids is 1. The average Bonchev–Trinajstić information content (AvgIpc) is 2.71. The van der Waals surface area contributed by atoms with Crippen LogP contribution >= 0.6 is 11.6 Å². The third-order valence-electron chi connectivity index (χ3n) is 2.41. The molecule has 0 aliphatic rings. The molecule has 0 saturated carbocycles. The summed E-state index contributed by atoms with van der Waals surface area (Å²) in [5, 5.41) is 4.30. The van der Waals surface area contributed by atoms with Gasteiger partial charge in [-0.05, 0) is 6.07 Å². The zero-order valence-electron chi connectivity index (χ0n) is 10.6. The van der Waals surface area contributed by atoms with Crippen LogP contribution in [-0.4, -0.2) is 32.7 Å². The largest absolute Gasteiger partial charge is 0.463 e. The lowest BCUT2D eigenvalue weighted by Gasteiger charge is -2.17. The molecule has 6 nitrogen and oxygen atoms in total. The highest BCUT2D eigenvalue weighted by molar-refractivity contribution is 6.29. The fourth-order valence-corrected chi connectivity index (χ4v) is 1.61. The molecule has 0 aliphatic heterocycles. The molecule has 18 heavy (non-hydrogen) atoms. The van der Waals surface area contributed by atoms with Crippen molar-refractivity contribution >= 4 is 23.3 Å². The van der Waals surface area contributed by atoms with Gasteiger partial charge in [-0.15, -0.1) is 5.10 Å². The van der Waals surface area contributed by atoms with Crippen LogP contribution in [0.4, 0.5) is 0 Å². The van der Waals surface area contributed by atoms with E-state index in [0.717, 1.165) is 5.69 Å². The molecule has 0 saturated heterocycles. The second kappa shape index (κ2) is 4.20. The Morgan fingerprint density at radius 3 is 2.61 bits per heavy atom. The summed E-state index contributed by atoms with van der Waals surface area (Å²) in [6.07, 6.45) is 0. The number of hydrogen-bond acceptors (Lipinski definition) is 5. The van der Waals surface area contributed by atoms with Gasteiger partial charge in [0.2, 0.25) is 0 Å². The molecule has 0 amide bonds. The number of ether oxygens (including phenoxy) is 1. The van der Waals surface area contributed by atoms with Crippen LogP contribution in [0.2, 0.25) is 5.15 Å². The molecule has 0 bridgehead atoms. The Hall–Kier alpha value is -1.69. The van der Waals surface area contributed by atoms with Gasteiger partial charge in [0.25, 0.3) is 11.6 Å². The predicted octanol–water partition coefficient (Wildman–Crippen LogP) is 1.86. The smallest absolute Gasteiger partial charge is 0.378 e. The molecule has 96 valence electrons. The summed E-state index contributed by atoms with van der Waals surface area (Å²) < 4.78 is 5.86. The van der Waals surface area contributed by atoms with E-state index >= 15 is 0 Å². The van der Waals surface area contributed by atoms with Crippen molar-refractivity contribution in [3.05, 3.63) is 22.7 Å². The molecule has 0 radical (unpaired) electrons. The number of halogens is 1. The molecular weight excluding hydrogens is 256 g/mol. The van der Waals surface area contributed by atoms with E-state index in [2.05, 4.69) is 19.8 Å². The van der Waals surface area contributed by atoms with Gasteiger partial charge in [0.15, 0.2) is 0 Å². The Kier molecular flexibility index (Phi) is 2.98. The molecule has 0 atom stereocenters. The third kappa shape index (κ3) is 2.15. The summed E-state index contributed by atoms with van der Waals surface area (Å²) in [5.74, 6) is -0.389. The first kappa shape index (κ1) is 12.8. The number of nitrogens with zero attached hydrogens (tertiary/aromatic N) is 4. The average molecular weight is 269 g/mol. The van der Waals surface area contributed by atoms with Crippen molar-refractivity contribution in [3.63, 3.8) is 0 Å². The van der Waals surface area contributed by atoms with Crippen LogP contribution in [0.25, 0.3) is 5.78 Å². The number of esters is 1. The molecule has 7 heteroatoms. The van der Waals surface area contributed by atoms with E-state index in [1.807, 2.05) is 20.8 Å². The van der Waals surface area contributed by atoms with Gasteiger partial charge < -0.3 is 4.74 Å². The molecule has 0 spiro atoms. The fraction of sp³-hybridized carbons (Fsp3) is 0.455. The quantitative estimate of drug-likeness (QED) is 0.583. The minimum absolute atomic E-state index is 0.0574. The molecule has 0 aromatic carbocycles. The first-order chi connectivity index (χ1) is 8.32. The highest BCUT2D eigenvalue weighted by Gasteiger charge is 2.21. The van der Waals surface area contributed by atoms with Crippen molar-refractivity contribution in [2.75, 3.05) is 7.11 Å². The van der Waals surface area contributed by atoms with Gasteiger partial charge >= 0.3 is 5.97 Å². The van der Waals surface area contributed by atoms with E-state index in [-0.39, 0.29) is 17.0 Å². The van der Waals surface area contributed by atoms with E-state index in [0.29, 0.717) is 5.15 Å². The lowest BCUT2D eigenvalue weighted by atomic mass is 9.92. The maximum absolute atomic E-state index is 11.3. The molecule has 0 N–H and O–H groups in total. The van der Waals surface area contributed by atoms with Gasteiger partial charge in [-0.25, -0.2) is 9.78 Å². The highest BCUT2D eigenvalue weighted by Crippen LogP contribution is 2.23. The lowest BCUT2D eigenvalue weighted by molar-refractivity contribution is 0.0587. The molecule has 2 aromatic rings. The van der Waals surface area contributed by atoms with E-state index in [1.165, 1.54) is 11.6 Å². The Labute approximate surface area is 109 Å². The van der Waals surface area contributed by atoms with Crippen molar-refractivity contribution in [3.8, 4) is 0 Å². The molecule has 2 aromatic heterocycles. The standard InChI is InChI=1S/C11H13ClN4O2/c1-11(2,3)6-5-7(12)16-10(13-6)14-8(15-16)9(17)18-4/h5H,1-4H3. The summed E-state index contributed by atoms with van der Waals surface area (Å²) in [6, 6.07) is 1.71. The van der Waals surface area contributed by atoms with Crippen LogP contribution in [0.3, 0.4) is 0 Å². The van der Waals surface area contributed by atoms with Crippen LogP contribution in [0, 0.1) is 0 Å². The maximum atomic E-state index is 11.3. The Bertz CT molecular complexity index is 615. The van der Waals surface area contributed by atoms with Crippen molar-refractivity contribution in [1.29, 1.82) is 0 Å². The van der Waals surface area contributed by atoms with Gasteiger partial charge in [0.1, 0.15) is 5.15 Å². The number of hydrogen-bond donors (Lipinski definition) is 0. The van der Waals surface area contributed by atoms with Crippen molar-refractivity contribution in [2.24, 2.45) is 0 Å². The van der Waals surface area contributed by atoms with Crippen LogP contribution in [0.1, 0.15) is 37.1 Å². The number of fused-ring (bicyclic) bond motifs is 1. The Morgan fingerprint density at radius 2 is 2.06 bits per heavy atom. The minimum atomic E-state index is -0.617. The van der Waals surface area contributed by atoms with E-state index in [4.69, 9.17) is 11.6 Å². The van der Waals surface area contributed by atoms with Gasteiger partial charge in [-0.3, -0.25) is 0 Å². The maximum Gasteiger partial charge on any atom is 0.378 e. The van der Waals surface area contributed by atoms with Crippen molar-refractivity contribution < 1.29 is 9.53 Å². The van der Waals surface area contributed by atoms with Crippen LogP contribution in [0.15, 0.2) is 6.07 Å². The normalized spacial score (nSPS) is 11.8. The molecule has 0 aliphatic carbocycles. The fourth-order valence-electron chi connectivity index (χ4n) is 1.40. The van der Waals surface area contributed by atoms with E-state index < -0.39 is 5.97 Å². The van der Waals surface area contributed by atoms with Crippen molar-refractivity contribution in [2.45, 2.75) is 26.2 Å². The van der Waals surface area contributed by atoms with Gasteiger partial charge in [-0.1, -0.05) is 32.4 Å². The van der Waals surface area contributed by atoms with E-state index in [9.17, 15) is 4.79 Å². The number of carbonyl (C=O) groups is 1. The second-order valence-electron chi connectivity index (χ2n) is 4.85. The number of rotatable bonds is 1. The number of aromatic nitrogens is 4. The molecule has 2 rings (SSSR count). The van der Waals surface area contributed by atoms with Gasteiger partial charge in [-0.2, -0.15) is 9.50 Å². The van der Waals surface area contributed by atoms with Crippen LogP contribution in [-0.2, 0) is 10.2 Å². The predicted molar refractivity (Wildman–Crippen MR) is 65.8 cm³/mol. The SMILES string of the molecule is COC(=O)c1nc2nc(C(C)(C)C)cc(Cl)n2n1. The summed E-state index contributed by atoms with van der Waals surface area (Å²) in [5.41, 5.74) is 0.617.